The molecule has 1 aliphatic heterocycles. The Kier molecular flexibility index (Phi) is 7.61. The number of esters is 1. The Morgan fingerprint density at radius 3 is 1.66 bits per heavy atom. The molecule has 0 aromatic heterocycles. The van der Waals surface area contributed by atoms with Gasteiger partial charge in [-0.1, -0.05) is 45.9 Å². The molecular weight excluding hydrogens is 440 g/mol. The van der Waals surface area contributed by atoms with Crippen molar-refractivity contribution in [2.45, 2.75) is 65.9 Å². The van der Waals surface area contributed by atoms with Crippen LogP contribution in [0, 0.1) is 13.8 Å². The van der Waals surface area contributed by atoms with Gasteiger partial charge in [-0.15, -0.1) is 0 Å². The fourth-order valence-electron chi connectivity index (χ4n) is 4.86. The zero-order valence-electron chi connectivity index (χ0n) is 21.6. The summed E-state index contributed by atoms with van der Waals surface area (Å²) in [5.41, 5.74) is 5.03. The van der Waals surface area contributed by atoms with Gasteiger partial charge in [0.1, 0.15) is 11.5 Å². The number of carbonyl (C=O) groups is 1. The quantitative estimate of drug-likeness (QED) is 0.378. The molecule has 3 aromatic rings. The van der Waals surface area contributed by atoms with Crippen LogP contribution in [0.3, 0.4) is 0 Å². The van der Waals surface area contributed by atoms with Gasteiger partial charge in [0.15, 0.2) is 5.60 Å². The average molecular weight is 477 g/mol. The van der Waals surface area contributed by atoms with E-state index in [9.17, 15) is 15.0 Å². The summed E-state index contributed by atoms with van der Waals surface area (Å²) in [4.78, 5) is 13.1. The Morgan fingerprint density at radius 1 is 0.800 bits per heavy atom. The Labute approximate surface area is 208 Å². The number of benzene rings is 3. The molecule has 0 saturated heterocycles. The van der Waals surface area contributed by atoms with Gasteiger partial charge in [0.05, 0.1) is 5.56 Å². The number of phenols is 2. The molecule has 0 saturated carbocycles. The maximum Gasteiger partial charge on any atom is 0.340 e. The fourth-order valence-corrected chi connectivity index (χ4v) is 4.86. The van der Waals surface area contributed by atoms with Crippen LogP contribution in [0.4, 0.5) is 0 Å². The van der Waals surface area contributed by atoms with Crippen LogP contribution < -0.4 is 0 Å². The van der Waals surface area contributed by atoms with Gasteiger partial charge in [0, 0.05) is 23.3 Å². The number of rotatable bonds is 4. The Balaban J connectivity index is 0.00000108. The van der Waals surface area contributed by atoms with Gasteiger partial charge in [-0.25, -0.2) is 4.79 Å². The third-order valence-electron chi connectivity index (χ3n) is 6.52. The molecule has 1 heterocycles. The number of aromatic hydroxyl groups is 2. The number of hydrogen-bond donors (Lipinski definition) is 3. The highest BCUT2D eigenvalue weighted by Crippen LogP contribution is 2.51. The molecule has 3 aromatic carbocycles. The van der Waals surface area contributed by atoms with Crippen LogP contribution in [0.25, 0.3) is 0 Å². The molecule has 3 N–H and O–H groups in total. The Bertz CT molecular complexity index is 1180. The molecule has 0 amide bonds. The first-order valence-electron chi connectivity index (χ1n) is 12.1. The SMILES string of the molecule is CCO.Cc1cc(O)c(C(C)C)cc1C1(c2cc(C(C)C)c(O)cc2C)OC(=O)c2ccccc21. The number of ether oxygens (including phenoxy) is 1. The summed E-state index contributed by atoms with van der Waals surface area (Å²) >= 11 is 0. The molecule has 5 heteroatoms. The van der Waals surface area contributed by atoms with E-state index in [4.69, 9.17) is 9.84 Å². The molecule has 186 valence electrons. The molecule has 4 rings (SSSR count). The van der Waals surface area contributed by atoms with Gasteiger partial charge in [-0.05, 0) is 85.2 Å². The molecule has 0 atom stereocenters. The minimum atomic E-state index is -1.17. The molecule has 0 fully saturated rings. The number of hydrogen-bond acceptors (Lipinski definition) is 5. The Hall–Kier alpha value is -3.31. The normalized spacial score (nSPS) is 13.9. The predicted octanol–water partition coefficient (Wildman–Crippen LogP) is 6.42. The van der Waals surface area contributed by atoms with Gasteiger partial charge in [-0.3, -0.25) is 0 Å². The van der Waals surface area contributed by atoms with E-state index in [1.165, 1.54) is 0 Å². The van der Waals surface area contributed by atoms with Crippen LogP contribution in [0.1, 0.15) is 95.8 Å². The number of carbonyl (C=O) groups excluding carboxylic acids is 1. The fraction of sp³-hybridized carbons (Fsp3) is 0.367. The molecule has 0 unspecified atom stereocenters. The molecule has 5 nitrogen and oxygen atoms in total. The third kappa shape index (κ3) is 4.53. The van der Waals surface area contributed by atoms with E-state index in [1.807, 2.05) is 71.9 Å². The van der Waals surface area contributed by atoms with Crippen molar-refractivity contribution in [2.24, 2.45) is 0 Å². The van der Waals surface area contributed by atoms with Gasteiger partial charge in [0.25, 0.3) is 0 Å². The van der Waals surface area contributed by atoms with E-state index >= 15 is 0 Å². The second-order valence-corrected chi connectivity index (χ2v) is 9.69. The maximum absolute atomic E-state index is 13.1. The van der Waals surface area contributed by atoms with Crippen LogP contribution in [-0.2, 0) is 10.3 Å². The minimum absolute atomic E-state index is 0.0888. The van der Waals surface area contributed by atoms with Gasteiger partial charge in [-0.2, -0.15) is 0 Å². The molecule has 0 radical (unpaired) electrons. The predicted molar refractivity (Wildman–Crippen MR) is 138 cm³/mol. The van der Waals surface area contributed by atoms with Crippen LogP contribution in [-0.4, -0.2) is 27.9 Å². The second-order valence-electron chi connectivity index (χ2n) is 9.69. The van der Waals surface area contributed by atoms with E-state index in [-0.39, 0.29) is 35.9 Å². The highest BCUT2D eigenvalue weighted by atomic mass is 16.6. The van der Waals surface area contributed by atoms with Crippen molar-refractivity contribution in [1.29, 1.82) is 0 Å². The molecule has 0 bridgehead atoms. The van der Waals surface area contributed by atoms with Crippen molar-refractivity contribution >= 4 is 5.97 Å². The van der Waals surface area contributed by atoms with Gasteiger partial charge >= 0.3 is 5.97 Å². The lowest BCUT2D eigenvalue weighted by Gasteiger charge is -2.34. The monoisotopic (exact) mass is 476 g/mol. The van der Waals surface area contributed by atoms with Crippen molar-refractivity contribution in [3.63, 3.8) is 0 Å². The smallest absolute Gasteiger partial charge is 0.340 e. The average Bonchev–Trinajstić information content (AvgIpc) is 3.07. The van der Waals surface area contributed by atoms with Crippen molar-refractivity contribution in [3.8, 4) is 11.5 Å². The lowest BCUT2D eigenvalue weighted by Crippen LogP contribution is -2.32. The summed E-state index contributed by atoms with van der Waals surface area (Å²) in [5, 5.41) is 28.8. The van der Waals surface area contributed by atoms with Crippen LogP contribution in [0.5, 0.6) is 11.5 Å². The van der Waals surface area contributed by atoms with E-state index < -0.39 is 5.60 Å². The third-order valence-corrected chi connectivity index (χ3v) is 6.52. The van der Waals surface area contributed by atoms with Crippen molar-refractivity contribution < 1.29 is 24.9 Å². The van der Waals surface area contributed by atoms with Crippen LogP contribution in [0.15, 0.2) is 48.5 Å². The Morgan fingerprint density at radius 2 is 1.23 bits per heavy atom. The first kappa shape index (κ1) is 26.3. The lowest BCUT2D eigenvalue weighted by atomic mass is 9.74. The van der Waals surface area contributed by atoms with Crippen molar-refractivity contribution in [3.05, 3.63) is 93.0 Å². The van der Waals surface area contributed by atoms with Crippen LogP contribution in [0.2, 0.25) is 0 Å². The number of aliphatic hydroxyl groups excluding tert-OH is 1. The zero-order chi connectivity index (χ0) is 26.1. The first-order chi connectivity index (χ1) is 16.5. The lowest BCUT2D eigenvalue weighted by molar-refractivity contribution is 0.0247. The highest BCUT2D eigenvalue weighted by Gasteiger charge is 2.50. The minimum Gasteiger partial charge on any atom is -0.508 e. The van der Waals surface area contributed by atoms with E-state index in [2.05, 4.69) is 0 Å². The van der Waals surface area contributed by atoms with Crippen molar-refractivity contribution in [2.75, 3.05) is 6.61 Å². The van der Waals surface area contributed by atoms with E-state index in [1.54, 1.807) is 25.1 Å². The maximum atomic E-state index is 13.1. The number of fused-ring (bicyclic) bond motifs is 1. The summed E-state index contributed by atoms with van der Waals surface area (Å²) in [7, 11) is 0. The second kappa shape index (κ2) is 10.1. The number of phenolic OH excluding ortho intramolecular Hbond substituents is 2. The summed E-state index contributed by atoms with van der Waals surface area (Å²) in [6, 6.07) is 14.9. The van der Waals surface area contributed by atoms with Gasteiger partial charge in [0.2, 0.25) is 0 Å². The highest BCUT2D eigenvalue weighted by molar-refractivity contribution is 5.96. The molecule has 0 aliphatic carbocycles. The van der Waals surface area contributed by atoms with Gasteiger partial charge < -0.3 is 20.1 Å². The first-order valence-corrected chi connectivity index (χ1v) is 12.1. The topological polar surface area (TPSA) is 87.0 Å². The summed E-state index contributed by atoms with van der Waals surface area (Å²) in [6.45, 7) is 13.9. The largest absolute Gasteiger partial charge is 0.508 e. The molecule has 1 aliphatic rings. The van der Waals surface area contributed by atoms with Crippen molar-refractivity contribution in [1.82, 2.24) is 0 Å². The molecule has 0 spiro atoms. The van der Waals surface area contributed by atoms with Crippen LogP contribution >= 0.6 is 0 Å². The number of cyclic esters (lactones) is 1. The van der Waals surface area contributed by atoms with E-state index in [0.29, 0.717) is 5.56 Å². The van der Waals surface area contributed by atoms with E-state index in [0.717, 1.165) is 38.9 Å². The summed E-state index contributed by atoms with van der Waals surface area (Å²) in [5.74, 6) is 0.271. The zero-order valence-corrected chi connectivity index (χ0v) is 21.6. The molecule has 35 heavy (non-hydrogen) atoms. The summed E-state index contributed by atoms with van der Waals surface area (Å²) in [6.07, 6.45) is 0. The number of aryl methyl sites for hydroxylation is 2. The molecular formula is C30H36O5. The standard InChI is InChI=1S/C28H30O4.C2H6O/c1-15(2)20-13-23(17(5)11-25(20)29)28(22-10-8-7-9-19(22)27(31)32-28)24-14-21(16(3)4)26(30)12-18(24)6;1-2-3/h7-16,29-30H,1-6H3;3H,2H2,1H3. The summed E-state index contributed by atoms with van der Waals surface area (Å²) < 4.78 is 6.30. The number of aliphatic hydroxyl groups is 1.